The zero-order valence-corrected chi connectivity index (χ0v) is 21.9. The van der Waals surface area contributed by atoms with Gasteiger partial charge in [0.2, 0.25) is 10.0 Å². The van der Waals surface area contributed by atoms with Crippen LogP contribution in [0.5, 0.6) is 0 Å². The van der Waals surface area contributed by atoms with Gasteiger partial charge >= 0.3 is 0 Å². The molecule has 1 heterocycles. The van der Waals surface area contributed by atoms with Gasteiger partial charge in [-0.1, -0.05) is 38.1 Å². The highest BCUT2D eigenvalue weighted by Gasteiger charge is 2.21. The maximum Gasteiger partial charge on any atom is 0.243 e. The van der Waals surface area contributed by atoms with Crippen molar-refractivity contribution >= 4 is 44.0 Å². The van der Waals surface area contributed by atoms with Crippen LogP contribution in [0, 0.1) is 6.92 Å². The van der Waals surface area contributed by atoms with Gasteiger partial charge in [-0.25, -0.2) is 13.4 Å². The van der Waals surface area contributed by atoms with Gasteiger partial charge in [0.25, 0.3) is 0 Å². The first-order valence-corrected chi connectivity index (χ1v) is 12.7. The monoisotopic (exact) mass is 539 g/mol. The summed E-state index contributed by atoms with van der Waals surface area (Å²) in [5.74, 6) is 0. The minimum Gasteiger partial charge on any atom is -0.396 e. The highest BCUT2D eigenvalue weighted by molar-refractivity contribution is 8.93. The molecule has 3 aromatic rings. The Bertz CT molecular complexity index is 1180. The first-order valence-electron chi connectivity index (χ1n) is 10.4. The normalized spacial score (nSPS) is 12.2. The Morgan fingerprint density at radius 2 is 1.78 bits per heavy atom. The molecule has 1 aromatic heterocycles. The van der Waals surface area contributed by atoms with Crippen LogP contribution in [0.4, 0.5) is 5.69 Å². The first-order chi connectivity index (χ1) is 14.9. The summed E-state index contributed by atoms with van der Waals surface area (Å²) in [7, 11) is -3.49. The average Bonchev–Trinajstić information content (AvgIpc) is 3.15. The Labute approximate surface area is 204 Å². The lowest BCUT2D eigenvalue weighted by Gasteiger charge is -2.18. The number of benzene rings is 2. The molecule has 0 aliphatic heterocycles. The molecule has 0 aliphatic carbocycles. The van der Waals surface area contributed by atoms with E-state index >= 15 is 0 Å². The summed E-state index contributed by atoms with van der Waals surface area (Å²) in [4.78, 5) is 5.94. The van der Waals surface area contributed by atoms with E-state index in [4.69, 9.17) is 4.99 Å². The third kappa shape index (κ3) is 5.96. The van der Waals surface area contributed by atoms with Crippen molar-refractivity contribution in [1.82, 2.24) is 8.87 Å². The fraction of sp³-hybridized carbons (Fsp3) is 0.348. The van der Waals surface area contributed by atoms with Crippen molar-refractivity contribution in [2.75, 3.05) is 19.7 Å². The molecular weight excluding hydrogens is 510 g/mol. The van der Waals surface area contributed by atoms with E-state index in [1.807, 2.05) is 62.5 Å². The van der Waals surface area contributed by atoms with E-state index in [0.717, 1.165) is 27.3 Å². The van der Waals surface area contributed by atoms with E-state index in [1.165, 1.54) is 15.6 Å². The summed E-state index contributed by atoms with van der Waals surface area (Å²) in [5.41, 5.74) is 3.90. The fourth-order valence-corrected chi connectivity index (χ4v) is 5.83. The molecular formula is C23H30BrN3O3S2. The number of aliphatic hydroxyl groups excluding tert-OH is 1. The summed E-state index contributed by atoms with van der Waals surface area (Å²) in [5, 5.41) is 11.4. The van der Waals surface area contributed by atoms with Gasteiger partial charge in [-0.15, -0.1) is 28.3 Å². The van der Waals surface area contributed by atoms with Crippen molar-refractivity contribution in [2.24, 2.45) is 4.99 Å². The molecule has 0 amide bonds. The number of aryl methyl sites for hydroxylation is 1. The van der Waals surface area contributed by atoms with Gasteiger partial charge in [-0.05, 0) is 48.7 Å². The lowest BCUT2D eigenvalue weighted by molar-refractivity contribution is 0.279. The second-order valence-electron chi connectivity index (χ2n) is 7.20. The van der Waals surface area contributed by atoms with Crippen LogP contribution in [0.3, 0.4) is 0 Å². The maximum absolute atomic E-state index is 12.8. The summed E-state index contributed by atoms with van der Waals surface area (Å²) < 4.78 is 29.1. The van der Waals surface area contributed by atoms with E-state index in [9.17, 15) is 13.5 Å². The van der Waals surface area contributed by atoms with Gasteiger partial charge in [-0.2, -0.15) is 4.31 Å². The standard InChI is InChI=1S/C23H29N3O3S2.BrH/c1-4-25(5-2)31(28,29)21-12-10-19(11-13-21)22-17-30-23(26(22)14-7-15-27)24-20-9-6-8-18(3)16-20;/h6,8-13,16-17,27H,4-5,7,14-15H2,1-3H3;1H. The van der Waals surface area contributed by atoms with Gasteiger partial charge in [-0.3, -0.25) is 0 Å². The molecule has 174 valence electrons. The van der Waals surface area contributed by atoms with Crippen LogP contribution in [-0.2, 0) is 16.6 Å². The Morgan fingerprint density at radius 1 is 1.09 bits per heavy atom. The van der Waals surface area contributed by atoms with E-state index in [2.05, 4.69) is 4.57 Å². The molecule has 0 spiro atoms. The molecule has 0 saturated heterocycles. The lowest BCUT2D eigenvalue weighted by atomic mass is 10.2. The smallest absolute Gasteiger partial charge is 0.243 e. The number of hydrogen-bond donors (Lipinski definition) is 1. The number of rotatable bonds is 9. The Balaban J connectivity index is 0.00000363. The molecule has 1 N–H and O–H groups in total. The van der Waals surface area contributed by atoms with Crippen LogP contribution in [0.2, 0.25) is 0 Å². The van der Waals surface area contributed by atoms with Gasteiger partial charge in [0.05, 0.1) is 16.3 Å². The van der Waals surface area contributed by atoms with E-state index in [-0.39, 0.29) is 23.6 Å². The first kappa shape index (κ1) is 26.5. The van der Waals surface area contributed by atoms with Crippen LogP contribution in [0.15, 0.2) is 63.8 Å². The van der Waals surface area contributed by atoms with E-state index in [1.54, 1.807) is 12.1 Å². The molecule has 0 radical (unpaired) electrons. The van der Waals surface area contributed by atoms with Crippen molar-refractivity contribution < 1.29 is 13.5 Å². The number of halogens is 1. The van der Waals surface area contributed by atoms with Crippen LogP contribution < -0.4 is 4.80 Å². The zero-order valence-electron chi connectivity index (χ0n) is 18.6. The summed E-state index contributed by atoms with van der Waals surface area (Å²) in [6, 6.07) is 15.0. The fourth-order valence-electron chi connectivity index (χ4n) is 3.41. The van der Waals surface area contributed by atoms with E-state index in [0.29, 0.717) is 31.0 Å². The Hall–Kier alpha value is -1.78. The highest BCUT2D eigenvalue weighted by Crippen LogP contribution is 2.24. The molecule has 0 atom stereocenters. The van der Waals surface area contributed by atoms with Gasteiger partial charge in [0.15, 0.2) is 4.80 Å². The molecule has 32 heavy (non-hydrogen) atoms. The van der Waals surface area contributed by atoms with Crippen molar-refractivity contribution in [3.63, 3.8) is 0 Å². The van der Waals surface area contributed by atoms with Crippen molar-refractivity contribution in [3.8, 4) is 11.3 Å². The highest BCUT2D eigenvalue weighted by atomic mass is 79.9. The summed E-state index contributed by atoms with van der Waals surface area (Å²) in [6.45, 7) is 7.31. The molecule has 0 unspecified atom stereocenters. The van der Waals surface area contributed by atoms with Crippen LogP contribution >= 0.6 is 28.3 Å². The SMILES string of the molecule is Br.CCN(CC)S(=O)(=O)c1ccc(-c2csc(=Nc3cccc(C)c3)n2CCCO)cc1. The summed E-state index contributed by atoms with van der Waals surface area (Å²) in [6.07, 6.45) is 0.610. The Morgan fingerprint density at radius 3 is 2.38 bits per heavy atom. The Kier molecular flexibility index (Phi) is 9.84. The third-order valence-corrected chi connectivity index (χ3v) is 7.98. The topological polar surface area (TPSA) is 74.9 Å². The van der Waals surface area contributed by atoms with E-state index < -0.39 is 10.0 Å². The van der Waals surface area contributed by atoms with Gasteiger partial charge in [0, 0.05) is 31.6 Å². The molecule has 9 heteroatoms. The van der Waals surface area contributed by atoms with Crippen molar-refractivity contribution in [2.45, 2.75) is 38.6 Å². The molecule has 0 bridgehead atoms. The number of nitrogens with zero attached hydrogens (tertiary/aromatic N) is 3. The van der Waals surface area contributed by atoms with Crippen LogP contribution in [0.1, 0.15) is 25.8 Å². The largest absolute Gasteiger partial charge is 0.396 e. The third-order valence-electron chi connectivity index (χ3n) is 5.06. The lowest BCUT2D eigenvalue weighted by Crippen LogP contribution is -2.30. The predicted molar refractivity (Wildman–Crippen MR) is 136 cm³/mol. The second-order valence-corrected chi connectivity index (χ2v) is 9.97. The molecule has 3 rings (SSSR count). The average molecular weight is 541 g/mol. The number of sulfonamides is 1. The molecule has 0 fully saturated rings. The molecule has 2 aromatic carbocycles. The zero-order chi connectivity index (χ0) is 22.4. The van der Waals surface area contributed by atoms with Crippen molar-refractivity contribution in [1.29, 1.82) is 0 Å². The van der Waals surface area contributed by atoms with Crippen molar-refractivity contribution in [3.05, 3.63) is 64.3 Å². The van der Waals surface area contributed by atoms with Crippen LogP contribution in [-0.4, -0.2) is 42.1 Å². The number of hydrogen-bond acceptors (Lipinski definition) is 5. The number of aliphatic hydroxyl groups is 1. The minimum absolute atomic E-state index is 0. The minimum atomic E-state index is -3.49. The molecule has 0 aliphatic rings. The second kappa shape index (κ2) is 11.9. The van der Waals surface area contributed by atoms with Gasteiger partial charge < -0.3 is 9.67 Å². The number of aromatic nitrogens is 1. The van der Waals surface area contributed by atoms with Crippen LogP contribution in [0.25, 0.3) is 11.3 Å². The summed E-state index contributed by atoms with van der Waals surface area (Å²) >= 11 is 1.53. The number of thiazole rings is 1. The maximum atomic E-state index is 12.8. The molecule has 0 saturated carbocycles. The quantitative estimate of drug-likeness (QED) is 0.426. The predicted octanol–water partition coefficient (Wildman–Crippen LogP) is 4.75. The van der Waals surface area contributed by atoms with Gasteiger partial charge in [0.1, 0.15) is 0 Å². The molecule has 6 nitrogen and oxygen atoms in total.